The van der Waals surface area contributed by atoms with Gasteiger partial charge in [-0.25, -0.2) is 19.2 Å². The SMILES string of the molecule is O=C(OC[C@@]1(C(F)(F)F)OC(OC(=O)c2ccccc2)[C@H](OC(=O)c2ccccc2)[C@@H]1OC(=O)c1ccccc1)c1ccccc1. The van der Waals surface area contributed by atoms with Crippen molar-refractivity contribution < 1.29 is 56.0 Å². The molecule has 4 aromatic carbocycles. The number of hydrogen-bond acceptors (Lipinski definition) is 9. The second-order valence-electron chi connectivity index (χ2n) is 10.0. The summed E-state index contributed by atoms with van der Waals surface area (Å²) in [7, 11) is 0. The van der Waals surface area contributed by atoms with Crippen molar-refractivity contribution in [2.24, 2.45) is 0 Å². The maximum Gasteiger partial charge on any atom is 0.424 e. The van der Waals surface area contributed by atoms with Crippen LogP contribution in [0, 0.1) is 0 Å². The van der Waals surface area contributed by atoms with Crippen molar-refractivity contribution in [1.82, 2.24) is 0 Å². The van der Waals surface area contributed by atoms with E-state index in [2.05, 4.69) is 0 Å². The number of rotatable bonds is 9. The number of esters is 4. The molecule has 5 rings (SSSR count). The molecule has 0 aliphatic carbocycles. The van der Waals surface area contributed by atoms with Crippen molar-refractivity contribution in [3.63, 3.8) is 0 Å². The number of hydrogen-bond donors (Lipinski definition) is 0. The van der Waals surface area contributed by atoms with Crippen LogP contribution in [0.4, 0.5) is 13.2 Å². The van der Waals surface area contributed by atoms with E-state index in [0.29, 0.717) is 0 Å². The van der Waals surface area contributed by atoms with Crippen molar-refractivity contribution in [3.8, 4) is 0 Å². The zero-order valence-corrected chi connectivity index (χ0v) is 23.8. The monoisotopic (exact) mass is 634 g/mol. The van der Waals surface area contributed by atoms with Crippen LogP contribution in [0.15, 0.2) is 121 Å². The summed E-state index contributed by atoms with van der Waals surface area (Å²) in [4.78, 5) is 52.2. The second-order valence-corrected chi connectivity index (χ2v) is 10.0. The van der Waals surface area contributed by atoms with Crippen LogP contribution in [0.5, 0.6) is 0 Å². The number of alkyl halides is 3. The summed E-state index contributed by atoms with van der Waals surface area (Å²) in [6, 6.07) is 28.8. The molecule has 0 N–H and O–H groups in total. The highest BCUT2D eigenvalue weighted by Crippen LogP contribution is 2.47. The van der Waals surface area contributed by atoms with Gasteiger partial charge in [0.15, 0.2) is 6.10 Å². The maximum atomic E-state index is 15.3. The minimum atomic E-state index is -5.45. The van der Waals surface area contributed by atoms with E-state index in [1.165, 1.54) is 97.1 Å². The van der Waals surface area contributed by atoms with E-state index in [4.69, 9.17) is 23.7 Å². The van der Waals surface area contributed by atoms with E-state index in [-0.39, 0.29) is 22.3 Å². The molecule has 4 atom stereocenters. The van der Waals surface area contributed by atoms with Gasteiger partial charge in [0, 0.05) is 0 Å². The molecular formula is C34H25F3O9. The van der Waals surface area contributed by atoms with Gasteiger partial charge in [-0.3, -0.25) is 0 Å². The molecule has 1 unspecified atom stereocenters. The number of halogens is 3. The van der Waals surface area contributed by atoms with Gasteiger partial charge >= 0.3 is 30.1 Å². The largest absolute Gasteiger partial charge is 0.458 e. The predicted octanol–water partition coefficient (Wildman–Crippen LogP) is 5.81. The first-order chi connectivity index (χ1) is 22.1. The van der Waals surface area contributed by atoms with Gasteiger partial charge in [-0.1, -0.05) is 72.8 Å². The van der Waals surface area contributed by atoms with Gasteiger partial charge in [-0.2, -0.15) is 13.2 Å². The number of ether oxygens (including phenoxy) is 5. The summed E-state index contributed by atoms with van der Waals surface area (Å²) in [5.74, 6) is -4.65. The first-order valence-corrected chi connectivity index (χ1v) is 13.8. The summed E-state index contributed by atoms with van der Waals surface area (Å²) in [6.07, 6.45) is -12.4. The van der Waals surface area contributed by atoms with Gasteiger partial charge in [0.1, 0.15) is 6.61 Å². The van der Waals surface area contributed by atoms with Gasteiger partial charge in [0.25, 0.3) is 0 Å². The van der Waals surface area contributed by atoms with E-state index < -0.39 is 60.8 Å². The van der Waals surface area contributed by atoms with E-state index >= 15 is 13.2 Å². The molecule has 1 saturated heterocycles. The molecule has 4 aromatic rings. The average Bonchev–Trinajstić information content (AvgIpc) is 3.37. The molecule has 0 spiro atoms. The molecule has 12 heteroatoms. The lowest BCUT2D eigenvalue weighted by molar-refractivity contribution is -0.313. The molecule has 1 aliphatic rings. The predicted molar refractivity (Wildman–Crippen MR) is 154 cm³/mol. The molecule has 0 radical (unpaired) electrons. The minimum Gasteiger partial charge on any atom is -0.458 e. The normalized spacial score (nSPS) is 20.7. The van der Waals surface area contributed by atoms with Crippen LogP contribution in [0.3, 0.4) is 0 Å². The Morgan fingerprint density at radius 2 is 0.935 bits per heavy atom. The van der Waals surface area contributed by atoms with Gasteiger partial charge in [-0.05, 0) is 48.5 Å². The van der Waals surface area contributed by atoms with Gasteiger partial charge in [0.2, 0.25) is 18.0 Å². The topological polar surface area (TPSA) is 114 Å². The van der Waals surface area contributed by atoms with Crippen molar-refractivity contribution >= 4 is 23.9 Å². The van der Waals surface area contributed by atoms with Crippen LogP contribution in [-0.4, -0.2) is 60.8 Å². The van der Waals surface area contributed by atoms with Crippen LogP contribution in [0.2, 0.25) is 0 Å². The molecule has 0 aromatic heterocycles. The van der Waals surface area contributed by atoms with Crippen LogP contribution in [0.25, 0.3) is 0 Å². The Hall–Kier alpha value is -5.49. The summed E-state index contributed by atoms with van der Waals surface area (Å²) in [6.45, 7) is -1.56. The van der Waals surface area contributed by atoms with Crippen molar-refractivity contribution in [2.45, 2.75) is 30.3 Å². The molecule has 0 amide bonds. The molecular weight excluding hydrogens is 609 g/mol. The molecule has 1 aliphatic heterocycles. The minimum absolute atomic E-state index is 0.0583. The first-order valence-electron chi connectivity index (χ1n) is 13.8. The van der Waals surface area contributed by atoms with Gasteiger partial charge in [-0.15, -0.1) is 0 Å². The molecule has 0 saturated carbocycles. The highest BCUT2D eigenvalue weighted by atomic mass is 19.4. The second kappa shape index (κ2) is 13.7. The fourth-order valence-electron chi connectivity index (χ4n) is 4.65. The lowest BCUT2D eigenvalue weighted by Gasteiger charge is -2.35. The first kappa shape index (κ1) is 31.9. The van der Waals surface area contributed by atoms with Crippen LogP contribution < -0.4 is 0 Å². The van der Waals surface area contributed by atoms with Crippen molar-refractivity contribution in [2.75, 3.05) is 6.61 Å². The number of benzene rings is 4. The van der Waals surface area contributed by atoms with E-state index in [1.807, 2.05) is 0 Å². The zero-order chi connectivity index (χ0) is 32.7. The molecule has 9 nitrogen and oxygen atoms in total. The van der Waals surface area contributed by atoms with Gasteiger partial charge in [0.05, 0.1) is 22.3 Å². The fourth-order valence-corrected chi connectivity index (χ4v) is 4.65. The smallest absolute Gasteiger partial charge is 0.424 e. The van der Waals surface area contributed by atoms with Crippen LogP contribution >= 0.6 is 0 Å². The van der Waals surface area contributed by atoms with Crippen molar-refractivity contribution in [1.29, 1.82) is 0 Å². The standard InChI is InChI=1S/C34H25F3O9/c35-34(36,37)33(21-42-28(38)22-13-5-1-6-14-22)27(44-30(40)24-17-9-3-10-18-24)26(43-29(39)23-15-7-2-8-16-23)32(46-33)45-31(41)25-19-11-4-12-20-25/h1-20,26-27,32H,21H2/t26-,27+,32?,33-/m1/s1. The molecule has 0 bridgehead atoms. The lowest BCUT2D eigenvalue weighted by Crippen LogP contribution is -2.59. The van der Waals surface area contributed by atoms with Crippen LogP contribution in [0.1, 0.15) is 41.4 Å². The Labute approximate surface area is 260 Å². The third-order valence-corrected chi connectivity index (χ3v) is 6.99. The van der Waals surface area contributed by atoms with E-state index in [9.17, 15) is 19.2 Å². The Bertz CT molecular complexity index is 1670. The third kappa shape index (κ3) is 6.92. The molecule has 46 heavy (non-hydrogen) atoms. The fraction of sp³-hybridized carbons (Fsp3) is 0.176. The Balaban J connectivity index is 1.57. The molecule has 236 valence electrons. The lowest BCUT2D eigenvalue weighted by atomic mass is 9.94. The average molecular weight is 635 g/mol. The molecule has 1 fully saturated rings. The Morgan fingerprint density at radius 1 is 0.565 bits per heavy atom. The highest BCUT2D eigenvalue weighted by molar-refractivity contribution is 5.91. The number of carbonyl (C=O) groups excluding carboxylic acids is 4. The van der Waals surface area contributed by atoms with Crippen LogP contribution in [-0.2, 0) is 23.7 Å². The van der Waals surface area contributed by atoms with Crippen molar-refractivity contribution in [3.05, 3.63) is 144 Å². The quantitative estimate of drug-likeness (QED) is 0.166. The Morgan fingerprint density at radius 3 is 1.35 bits per heavy atom. The zero-order valence-electron chi connectivity index (χ0n) is 23.8. The van der Waals surface area contributed by atoms with E-state index in [0.717, 1.165) is 0 Å². The maximum absolute atomic E-state index is 15.3. The van der Waals surface area contributed by atoms with E-state index in [1.54, 1.807) is 24.3 Å². The number of carbonyl (C=O) groups is 4. The third-order valence-electron chi connectivity index (χ3n) is 6.99. The summed E-state index contributed by atoms with van der Waals surface area (Å²) >= 11 is 0. The van der Waals surface area contributed by atoms with Gasteiger partial charge < -0.3 is 23.7 Å². The molecule has 1 heterocycles. The summed E-state index contributed by atoms with van der Waals surface area (Å²) in [5.41, 5.74) is -4.00. The highest BCUT2D eigenvalue weighted by Gasteiger charge is 2.74. The summed E-state index contributed by atoms with van der Waals surface area (Å²) in [5, 5.41) is 0. The Kier molecular flexibility index (Phi) is 9.47. The summed E-state index contributed by atoms with van der Waals surface area (Å²) < 4.78 is 72.4.